The Morgan fingerprint density at radius 1 is 0.968 bits per heavy atom. The van der Waals surface area contributed by atoms with Crippen molar-refractivity contribution in [1.82, 2.24) is 9.80 Å². The highest BCUT2D eigenvalue weighted by Gasteiger charge is 2.59. The topological polar surface area (TPSA) is 40.6 Å². The number of nitrogens with zero attached hydrogens (tertiary/aromatic N) is 2. The first-order chi connectivity index (χ1) is 15.0. The Labute approximate surface area is 182 Å². The van der Waals surface area contributed by atoms with Crippen LogP contribution in [-0.2, 0) is 5.66 Å². The third kappa shape index (κ3) is 2.73. The van der Waals surface area contributed by atoms with Crippen LogP contribution in [0.2, 0.25) is 0 Å². The van der Waals surface area contributed by atoms with Crippen molar-refractivity contribution in [3.63, 3.8) is 0 Å². The van der Waals surface area contributed by atoms with Gasteiger partial charge in [-0.25, -0.2) is 8.78 Å². The number of thioether (sulfide) groups is 1. The molecule has 2 amide bonds. The zero-order chi connectivity index (χ0) is 21.8. The van der Waals surface area contributed by atoms with E-state index in [4.69, 9.17) is 0 Å². The maximum absolute atomic E-state index is 13.9. The Bertz CT molecular complexity index is 1210. The summed E-state index contributed by atoms with van der Waals surface area (Å²) < 4.78 is 27.3. The molecule has 2 aliphatic heterocycles. The lowest BCUT2D eigenvalue weighted by atomic mass is 9.89. The van der Waals surface area contributed by atoms with Crippen molar-refractivity contribution in [2.24, 2.45) is 0 Å². The number of halogens is 2. The molecule has 0 aliphatic carbocycles. The summed E-state index contributed by atoms with van der Waals surface area (Å²) in [5, 5.41) is 0. The summed E-state index contributed by atoms with van der Waals surface area (Å²) in [6, 6.07) is 18.1. The lowest BCUT2D eigenvalue weighted by Crippen LogP contribution is -2.51. The van der Waals surface area contributed by atoms with Crippen molar-refractivity contribution < 1.29 is 18.4 Å². The Balaban J connectivity index is 1.72. The van der Waals surface area contributed by atoms with Crippen molar-refractivity contribution >= 4 is 23.6 Å². The van der Waals surface area contributed by atoms with Gasteiger partial charge >= 0.3 is 0 Å². The molecular formula is C24H18F2N2O2S. The van der Waals surface area contributed by atoms with Gasteiger partial charge in [-0.15, -0.1) is 11.8 Å². The minimum atomic E-state index is -1.13. The van der Waals surface area contributed by atoms with E-state index >= 15 is 0 Å². The number of carbonyl (C=O) groups is 2. The largest absolute Gasteiger partial charge is 0.306 e. The van der Waals surface area contributed by atoms with Crippen molar-refractivity contribution in [3.8, 4) is 0 Å². The van der Waals surface area contributed by atoms with Gasteiger partial charge in [-0.1, -0.05) is 30.3 Å². The summed E-state index contributed by atoms with van der Waals surface area (Å²) in [4.78, 5) is 31.2. The van der Waals surface area contributed by atoms with E-state index in [0.29, 0.717) is 17.7 Å². The molecule has 0 spiro atoms. The molecule has 0 saturated carbocycles. The van der Waals surface area contributed by atoms with E-state index in [9.17, 15) is 18.4 Å². The summed E-state index contributed by atoms with van der Waals surface area (Å²) in [6.07, 6.45) is 1.97. The summed E-state index contributed by atoms with van der Waals surface area (Å²) in [7, 11) is 0. The molecule has 0 aromatic heterocycles. The fraction of sp³-hybridized carbons (Fsp3) is 0.167. The van der Waals surface area contributed by atoms with Gasteiger partial charge in [0.2, 0.25) is 0 Å². The van der Waals surface area contributed by atoms with Crippen molar-refractivity contribution in [3.05, 3.63) is 101 Å². The zero-order valence-electron chi connectivity index (χ0n) is 16.6. The van der Waals surface area contributed by atoms with Gasteiger partial charge in [-0.05, 0) is 42.7 Å². The molecule has 2 aliphatic rings. The van der Waals surface area contributed by atoms with Crippen LogP contribution in [0.5, 0.6) is 0 Å². The van der Waals surface area contributed by atoms with E-state index < -0.39 is 23.2 Å². The molecule has 3 aromatic rings. The van der Waals surface area contributed by atoms with Crippen LogP contribution in [0.15, 0.2) is 71.6 Å². The molecule has 4 nitrogen and oxygen atoms in total. The van der Waals surface area contributed by atoms with Crippen molar-refractivity contribution in [1.29, 1.82) is 0 Å². The van der Waals surface area contributed by atoms with E-state index in [1.54, 1.807) is 33.7 Å². The van der Waals surface area contributed by atoms with Crippen molar-refractivity contribution in [2.45, 2.75) is 10.6 Å². The van der Waals surface area contributed by atoms with Gasteiger partial charge in [0.05, 0.1) is 0 Å². The Morgan fingerprint density at radius 3 is 2.42 bits per heavy atom. The second-order valence-corrected chi connectivity index (χ2v) is 8.37. The molecule has 1 fully saturated rings. The molecule has 1 atom stereocenters. The van der Waals surface area contributed by atoms with Gasteiger partial charge in [0.15, 0.2) is 17.3 Å². The normalized spacial score (nSPS) is 19.5. The van der Waals surface area contributed by atoms with E-state index in [1.807, 2.05) is 42.7 Å². The average Bonchev–Trinajstić information content (AvgIpc) is 3.31. The molecule has 3 aromatic carbocycles. The van der Waals surface area contributed by atoms with Gasteiger partial charge < -0.3 is 9.80 Å². The predicted molar refractivity (Wildman–Crippen MR) is 114 cm³/mol. The maximum Gasteiger partial charge on any atom is 0.256 e. The third-order valence-electron chi connectivity index (χ3n) is 6.01. The van der Waals surface area contributed by atoms with Gasteiger partial charge in [0, 0.05) is 40.2 Å². The lowest BCUT2D eigenvalue weighted by molar-refractivity contribution is 0.0374. The predicted octanol–water partition coefficient (Wildman–Crippen LogP) is 4.50. The second-order valence-electron chi connectivity index (χ2n) is 7.49. The molecule has 5 rings (SSSR count). The number of rotatable bonds is 3. The molecule has 0 radical (unpaired) electrons. The van der Waals surface area contributed by atoms with Gasteiger partial charge in [-0.2, -0.15) is 0 Å². The van der Waals surface area contributed by atoms with Crippen LogP contribution in [-0.4, -0.2) is 41.0 Å². The Kier molecular flexibility index (Phi) is 4.59. The maximum atomic E-state index is 13.9. The molecule has 156 valence electrons. The third-order valence-corrected chi connectivity index (χ3v) is 6.75. The molecule has 2 heterocycles. The van der Waals surface area contributed by atoms with Gasteiger partial charge in [-0.3, -0.25) is 9.59 Å². The second kappa shape index (κ2) is 7.20. The molecule has 7 heteroatoms. The standard InChI is InChI=1S/C24H18F2N2O2S/c1-31-17-9-7-16(8-10-17)24-19-5-3-2-4-18(19)23(30)28(24)13-12-27(24)22(29)15-6-11-20(25)21(26)14-15/h2-11,14H,12-13H2,1H3. The van der Waals surface area contributed by atoms with Crippen LogP contribution in [0.3, 0.4) is 0 Å². The molecule has 31 heavy (non-hydrogen) atoms. The summed E-state index contributed by atoms with van der Waals surface area (Å²) in [5.74, 6) is -2.70. The van der Waals surface area contributed by atoms with E-state index in [2.05, 4.69) is 0 Å². The molecule has 1 unspecified atom stereocenters. The van der Waals surface area contributed by atoms with Crippen LogP contribution in [0.25, 0.3) is 0 Å². The Hall–Kier alpha value is -3.19. The lowest BCUT2D eigenvalue weighted by Gasteiger charge is -2.40. The van der Waals surface area contributed by atoms with E-state index in [1.165, 1.54) is 6.07 Å². The number of carbonyl (C=O) groups excluding carboxylic acids is 2. The molecule has 0 bridgehead atoms. The summed E-state index contributed by atoms with van der Waals surface area (Å²) >= 11 is 1.60. The first kappa shape index (κ1) is 19.8. The summed E-state index contributed by atoms with van der Waals surface area (Å²) in [6.45, 7) is 0.620. The quantitative estimate of drug-likeness (QED) is 0.568. The highest BCUT2D eigenvalue weighted by Crippen LogP contribution is 2.50. The highest BCUT2D eigenvalue weighted by atomic mass is 32.2. The highest BCUT2D eigenvalue weighted by molar-refractivity contribution is 7.98. The molecular weight excluding hydrogens is 418 g/mol. The number of hydrogen-bond donors (Lipinski definition) is 0. The van der Waals surface area contributed by atoms with Crippen LogP contribution >= 0.6 is 11.8 Å². The zero-order valence-corrected chi connectivity index (χ0v) is 17.5. The van der Waals surface area contributed by atoms with Gasteiger partial charge in [0.25, 0.3) is 11.8 Å². The van der Waals surface area contributed by atoms with E-state index in [0.717, 1.165) is 22.6 Å². The van der Waals surface area contributed by atoms with Crippen LogP contribution in [0, 0.1) is 11.6 Å². The Morgan fingerprint density at radius 2 is 1.71 bits per heavy atom. The first-order valence-corrected chi connectivity index (χ1v) is 11.0. The minimum Gasteiger partial charge on any atom is -0.306 e. The van der Waals surface area contributed by atoms with E-state index in [-0.39, 0.29) is 18.0 Å². The number of fused-ring (bicyclic) bond motifs is 3. The minimum absolute atomic E-state index is 0.0395. The molecule has 0 N–H and O–H groups in total. The fourth-order valence-corrected chi connectivity index (χ4v) is 5.06. The first-order valence-electron chi connectivity index (χ1n) is 9.81. The number of hydrogen-bond acceptors (Lipinski definition) is 3. The van der Waals surface area contributed by atoms with Gasteiger partial charge in [0.1, 0.15) is 0 Å². The van der Waals surface area contributed by atoms with Crippen LogP contribution in [0.1, 0.15) is 31.8 Å². The van der Waals surface area contributed by atoms with Crippen LogP contribution in [0.4, 0.5) is 8.78 Å². The summed E-state index contributed by atoms with van der Waals surface area (Å²) in [5.41, 5.74) is 0.936. The monoisotopic (exact) mass is 436 g/mol. The number of benzene rings is 3. The fourth-order valence-electron chi connectivity index (χ4n) is 4.65. The number of amides is 2. The molecule has 1 saturated heterocycles. The van der Waals surface area contributed by atoms with Crippen molar-refractivity contribution in [2.75, 3.05) is 19.3 Å². The van der Waals surface area contributed by atoms with Crippen LogP contribution < -0.4 is 0 Å². The smallest absolute Gasteiger partial charge is 0.256 e. The average molecular weight is 436 g/mol. The SMILES string of the molecule is CSc1ccc(C23c4ccccc4C(=O)N2CCN3C(=O)c2ccc(F)c(F)c2)cc1.